The molecule has 90 valence electrons. The third-order valence-corrected chi connectivity index (χ3v) is 2.53. The van der Waals surface area contributed by atoms with Gasteiger partial charge in [-0.3, -0.25) is 9.59 Å². The number of nitrogens with one attached hydrogen (secondary N) is 2. The fourth-order valence-electron chi connectivity index (χ4n) is 1.71. The molecule has 16 heavy (non-hydrogen) atoms. The van der Waals surface area contributed by atoms with Crippen molar-refractivity contribution in [2.24, 2.45) is 5.73 Å². The molecule has 7 nitrogen and oxygen atoms in total. The van der Waals surface area contributed by atoms with Crippen LogP contribution in [0.25, 0.3) is 0 Å². The summed E-state index contributed by atoms with van der Waals surface area (Å²) in [5, 5.41) is 4.71. The largest absolute Gasteiger partial charge is 0.368 e. The number of urea groups is 1. The smallest absolute Gasteiger partial charge is 0.314 e. The Bertz CT molecular complexity index is 305. The van der Waals surface area contributed by atoms with Crippen molar-refractivity contribution >= 4 is 17.8 Å². The van der Waals surface area contributed by atoms with Crippen LogP contribution < -0.4 is 16.4 Å². The summed E-state index contributed by atoms with van der Waals surface area (Å²) in [7, 11) is 1.46. The zero-order chi connectivity index (χ0) is 12.1. The third kappa shape index (κ3) is 2.85. The summed E-state index contributed by atoms with van der Waals surface area (Å²) >= 11 is 0. The van der Waals surface area contributed by atoms with Crippen LogP contribution in [-0.2, 0) is 9.59 Å². The molecule has 4 amide bonds. The number of amides is 4. The quantitative estimate of drug-likeness (QED) is 0.541. The number of nitrogens with two attached hydrogens (primary N) is 1. The Hall–Kier alpha value is -1.79. The van der Waals surface area contributed by atoms with Gasteiger partial charge in [0.05, 0.1) is 6.54 Å². The van der Waals surface area contributed by atoms with Crippen molar-refractivity contribution in [2.45, 2.75) is 18.9 Å². The molecule has 0 bridgehead atoms. The van der Waals surface area contributed by atoms with Gasteiger partial charge in [0, 0.05) is 13.6 Å². The van der Waals surface area contributed by atoms with Crippen molar-refractivity contribution in [3.63, 3.8) is 0 Å². The van der Waals surface area contributed by atoms with Gasteiger partial charge in [-0.05, 0) is 12.8 Å². The van der Waals surface area contributed by atoms with Crippen LogP contribution in [0.2, 0.25) is 0 Å². The van der Waals surface area contributed by atoms with Gasteiger partial charge in [0.25, 0.3) is 0 Å². The van der Waals surface area contributed by atoms with Crippen LogP contribution in [0.5, 0.6) is 0 Å². The Kier molecular flexibility index (Phi) is 4.10. The van der Waals surface area contributed by atoms with Gasteiger partial charge in [-0.1, -0.05) is 0 Å². The van der Waals surface area contributed by atoms with E-state index in [1.807, 2.05) is 0 Å². The maximum absolute atomic E-state index is 11.7. The Balaban J connectivity index is 2.47. The number of hydrogen-bond donors (Lipinski definition) is 3. The molecule has 1 heterocycles. The molecule has 0 radical (unpaired) electrons. The lowest BCUT2D eigenvalue weighted by Gasteiger charge is -2.22. The predicted molar refractivity (Wildman–Crippen MR) is 56.4 cm³/mol. The summed E-state index contributed by atoms with van der Waals surface area (Å²) < 4.78 is 0. The molecule has 0 aromatic carbocycles. The van der Waals surface area contributed by atoms with Gasteiger partial charge in [0.15, 0.2) is 0 Å². The molecule has 0 spiro atoms. The van der Waals surface area contributed by atoms with Gasteiger partial charge >= 0.3 is 6.03 Å². The van der Waals surface area contributed by atoms with E-state index in [1.54, 1.807) is 0 Å². The minimum absolute atomic E-state index is 0.122. The summed E-state index contributed by atoms with van der Waals surface area (Å²) in [4.78, 5) is 35.0. The maximum Gasteiger partial charge on any atom is 0.314 e. The molecule has 0 aromatic rings. The summed E-state index contributed by atoms with van der Waals surface area (Å²) in [6.07, 6.45) is 1.36. The van der Waals surface area contributed by atoms with E-state index < -0.39 is 18.0 Å². The van der Waals surface area contributed by atoms with E-state index in [9.17, 15) is 14.4 Å². The lowest BCUT2D eigenvalue weighted by molar-refractivity contribution is -0.136. The van der Waals surface area contributed by atoms with Crippen LogP contribution in [0.4, 0.5) is 4.79 Å². The van der Waals surface area contributed by atoms with Crippen molar-refractivity contribution in [2.75, 3.05) is 20.1 Å². The number of hydrogen-bond acceptors (Lipinski definition) is 3. The molecular weight excluding hydrogens is 212 g/mol. The molecule has 1 rings (SSSR count). The average molecular weight is 228 g/mol. The highest BCUT2D eigenvalue weighted by molar-refractivity contribution is 5.89. The minimum atomic E-state index is -0.529. The number of carbonyl (C=O) groups is 3. The summed E-state index contributed by atoms with van der Waals surface area (Å²) in [6.45, 7) is 0.394. The Morgan fingerprint density at radius 1 is 1.44 bits per heavy atom. The van der Waals surface area contributed by atoms with Crippen LogP contribution in [-0.4, -0.2) is 48.9 Å². The molecule has 1 fully saturated rings. The summed E-state index contributed by atoms with van der Waals surface area (Å²) in [6, 6.07) is -0.956. The predicted octanol–water partition coefficient (Wildman–Crippen LogP) is -1.61. The van der Waals surface area contributed by atoms with Gasteiger partial charge < -0.3 is 21.3 Å². The third-order valence-electron chi connectivity index (χ3n) is 2.53. The van der Waals surface area contributed by atoms with Crippen molar-refractivity contribution in [1.82, 2.24) is 15.5 Å². The first kappa shape index (κ1) is 12.3. The van der Waals surface area contributed by atoms with Crippen molar-refractivity contribution in [3.8, 4) is 0 Å². The molecule has 1 saturated heterocycles. The second-order valence-corrected chi connectivity index (χ2v) is 3.58. The molecule has 1 aliphatic heterocycles. The molecule has 0 saturated carbocycles. The van der Waals surface area contributed by atoms with E-state index in [0.29, 0.717) is 13.0 Å². The van der Waals surface area contributed by atoms with Gasteiger partial charge in [0.2, 0.25) is 11.8 Å². The molecule has 0 aromatic heterocycles. The lowest BCUT2D eigenvalue weighted by atomic mass is 10.2. The number of carbonyl (C=O) groups excluding carboxylic acids is 3. The number of rotatable bonds is 3. The molecule has 1 unspecified atom stereocenters. The first-order valence-corrected chi connectivity index (χ1v) is 5.10. The maximum atomic E-state index is 11.7. The fraction of sp³-hybridized carbons (Fsp3) is 0.667. The van der Waals surface area contributed by atoms with E-state index in [1.165, 1.54) is 11.9 Å². The van der Waals surface area contributed by atoms with E-state index in [-0.39, 0.29) is 12.5 Å². The number of likely N-dealkylation sites (tertiary alicyclic amines) is 1. The number of nitrogens with zero attached hydrogens (tertiary/aromatic N) is 1. The standard InChI is InChI=1S/C9H16N4O3/c1-11-9(16)12-5-7(14)13-4-2-3-6(13)8(10)15/h6H,2-5H2,1H3,(H2,10,15)(H2,11,12,16). The van der Waals surface area contributed by atoms with Crippen molar-refractivity contribution < 1.29 is 14.4 Å². The normalized spacial score (nSPS) is 19.3. The Labute approximate surface area is 93.3 Å². The number of primary amides is 1. The van der Waals surface area contributed by atoms with Crippen molar-refractivity contribution in [3.05, 3.63) is 0 Å². The van der Waals surface area contributed by atoms with Crippen LogP contribution in [0.15, 0.2) is 0 Å². The van der Waals surface area contributed by atoms with Crippen LogP contribution in [0.3, 0.4) is 0 Å². The fourth-order valence-corrected chi connectivity index (χ4v) is 1.71. The van der Waals surface area contributed by atoms with Crippen LogP contribution in [0.1, 0.15) is 12.8 Å². The van der Waals surface area contributed by atoms with Crippen LogP contribution in [0, 0.1) is 0 Å². The zero-order valence-electron chi connectivity index (χ0n) is 9.16. The van der Waals surface area contributed by atoms with E-state index in [4.69, 9.17) is 5.73 Å². The van der Waals surface area contributed by atoms with E-state index in [2.05, 4.69) is 10.6 Å². The highest BCUT2D eigenvalue weighted by Gasteiger charge is 2.32. The lowest BCUT2D eigenvalue weighted by Crippen LogP contribution is -2.48. The van der Waals surface area contributed by atoms with Gasteiger partial charge in [-0.15, -0.1) is 0 Å². The molecule has 1 aliphatic rings. The van der Waals surface area contributed by atoms with E-state index in [0.717, 1.165) is 6.42 Å². The summed E-state index contributed by atoms with van der Waals surface area (Å²) in [5.41, 5.74) is 5.18. The van der Waals surface area contributed by atoms with Crippen molar-refractivity contribution in [1.29, 1.82) is 0 Å². The first-order chi connectivity index (χ1) is 7.56. The highest BCUT2D eigenvalue weighted by Crippen LogP contribution is 2.16. The zero-order valence-corrected chi connectivity index (χ0v) is 9.16. The highest BCUT2D eigenvalue weighted by atomic mass is 16.2. The van der Waals surface area contributed by atoms with Gasteiger partial charge in [-0.25, -0.2) is 4.79 Å². The Morgan fingerprint density at radius 3 is 2.69 bits per heavy atom. The second-order valence-electron chi connectivity index (χ2n) is 3.58. The molecule has 0 aliphatic carbocycles. The van der Waals surface area contributed by atoms with Crippen LogP contribution >= 0.6 is 0 Å². The molecule has 7 heteroatoms. The molecule has 4 N–H and O–H groups in total. The summed E-state index contributed by atoms with van der Waals surface area (Å²) in [5.74, 6) is -0.782. The monoisotopic (exact) mass is 228 g/mol. The first-order valence-electron chi connectivity index (χ1n) is 5.10. The van der Waals surface area contributed by atoms with Gasteiger partial charge in [-0.2, -0.15) is 0 Å². The second kappa shape index (κ2) is 5.34. The molecular formula is C9H16N4O3. The van der Waals surface area contributed by atoms with E-state index >= 15 is 0 Å². The minimum Gasteiger partial charge on any atom is -0.368 e. The SMILES string of the molecule is CNC(=O)NCC(=O)N1CCCC1C(N)=O. The molecule has 1 atom stereocenters. The topological polar surface area (TPSA) is 105 Å². The van der Waals surface area contributed by atoms with Gasteiger partial charge in [0.1, 0.15) is 6.04 Å². The average Bonchev–Trinajstić information content (AvgIpc) is 2.74. The Morgan fingerprint density at radius 2 is 2.12 bits per heavy atom.